The molecule has 0 aromatic carbocycles. The number of carbonyl (C=O) groups is 1. The Labute approximate surface area is 245 Å². The third-order valence-electron chi connectivity index (χ3n) is 12.3. The monoisotopic (exact) mass is 556 g/mol. The molecule has 0 bridgehead atoms. The molecule has 5 heteroatoms. The highest BCUT2D eigenvalue weighted by molar-refractivity contribution is 5.67. The number of likely N-dealkylation sites (N-methyl/N-ethyl adjacent to an activating group) is 1. The number of hydrogen-bond acceptors (Lipinski definition) is 4. The normalized spacial score (nSPS) is 37.0. The van der Waals surface area contributed by atoms with Gasteiger partial charge in [-0.15, -0.1) is 0 Å². The smallest absolute Gasteiger partial charge is 0.407 e. The first-order valence-electron chi connectivity index (χ1n) is 16.6. The van der Waals surface area contributed by atoms with Crippen molar-refractivity contribution in [3.05, 3.63) is 23.8 Å². The Balaban J connectivity index is 1.36. The lowest BCUT2D eigenvalue weighted by Gasteiger charge is -2.58. The summed E-state index contributed by atoms with van der Waals surface area (Å²) in [6.45, 7) is 16.7. The number of amides is 1. The van der Waals surface area contributed by atoms with E-state index in [2.05, 4.69) is 65.1 Å². The van der Waals surface area contributed by atoms with Gasteiger partial charge in [-0.05, 0) is 111 Å². The van der Waals surface area contributed by atoms with Gasteiger partial charge in [-0.1, -0.05) is 65.3 Å². The van der Waals surface area contributed by atoms with E-state index in [0.717, 1.165) is 48.9 Å². The minimum Gasteiger partial charge on any atom is -0.446 e. The van der Waals surface area contributed by atoms with E-state index in [1.807, 2.05) is 11.9 Å². The number of aliphatic hydroxyl groups excluding tert-OH is 1. The van der Waals surface area contributed by atoms with E-state index in [1.165, 1.54) is 38.5 Å². The van der Waals surface area contributed by atoms with Gasteiger partial charge in [0.25, 0.3) is 0 Å². The van der Waals surface area contributed by atoms with Crippen LogP contribution in [0.2, 0.25) is 0 Å². The highest BCUT2D eigenvalue weighted by Crippen LogP contribution is 2.67. The highest BCUT2D eigenvalue weighted by Gasteiger charge is 2.59. The molecule has 0 aromatic rings. The van der Waals surface area contributed by atoms with Gasteiger partial charge < -0.3 is 20.1 Å². The second-order valence-corrected chi connectivity index (χ2v) is 14.8. The van der Waals surface area contributed by atoms with Crippen LogP contribution in [0.25, 0.3) is 0 Å². The fourth-order valence-corrected chi connectivity index (χ4v) is 9.74. The number of hydrogen-bond donors (Lipinski definition) is 2. The lowest BCUT2D eigenvalue weighted by molar-refractivity contribution is -0.0550. The van der Waals surface area contributed by atoms with Gasteiger partial charge >= 0.3 is 6.09 Å². The van der Waals surface area contributed by atoms with E-state index < -0.39 is 0 Å². The van der Waals surface area contributed by atoms with Crippen LogP contribution in [-0.4, -0.2) is 55.5 Å². The Hall–Kier alpha value is -1.33. The van der Waals surface area contributed by atoms with Gasteiger partial charge in [0.1, 0.15) is 6.10 Å². The second kappa shape index (κ2) is 13.3. The largest absolute Gasteiger partial charge is 0.446 e. The summed E-state index contributed by atoms with van der Waals surface area (Å²) in [5.41, 5.74) is 2.30. The Morgan fingerprint density at radius 2 is 1.90 bits per heavy atom. The van der Waals surface area contributed by atoms with Crippen LogP contribution in [0.4, 0.5) is 4.79 Å². The quantitative estimate of drug-likeness (QED) is 0.259. The molecule has 0 heterocycles. The van der Waals surface area contributed by atoms with Crippen molar-refractivity contribution in [2.45, 2.75) is 105 Å². The Morgan fingerprint density at radius 1 is 1.12 bits per heavy atom. The molecule has 3 saturated carbocycles. The SMILES string of the molecule is CC[C@H](/C=C/[C@@H](C)[C@H]1CC[C@H]2[C@@H]3CC=C4C[C@@H](OC(=O)NCCN(C)CCO)CCC4(C)[C@H]3CCC12C)C(C)C. The van der Waals surface area contributed by atoms with Gasteiger partial charge in [-0.25, -0.2) is 4.79 Å². The van der Waals surface area contributed by atoms with Crippen LogP contribution < -0.4 is 5.32 Å². The molecule has 0 aliphatic heterocycles. The molecule has 0 radical (unpaired) electrons. The van der Waals surface area contributed by atoms with Gasteiger partial charge in [0.15, 0.2) is 0 Å². The molecule has 2 N–H and O–H groups in total. The number of allylic oxidation sites excluding steroid dienone is 3. The predicted molar refractivity (Wildman–Crippen MR) is 165 cm³/mol. The van der Waals surface area contributed by atoms with Crippen LogP contribution in [0.3, 0.4) is 0 Å². The topological polar surface area (TPSA) is 61.8 Å². The van der Waals surface area contributed by atoms with Crippen molar-refractivity contribution in [1.82, 2.24) is 10.2 Å². The lowest BCUT2D eigenvalue weighted by Crippen LogP contribution is -2.51. The van der Waals surface area contributed by atoms with E-state index in [0.29, 0.717) is 36.9 Å². The average Bonchev–Trinajstić information content (AvgIpc) is 3.26. The van der Waals surface area contributed by atoms with Crippen molar-refractivity contribution in [1.29, 1.82) is 0 Å². The molecule has 0 aromatic heterocycles. The summed E-state index contributed by atoms with van der Waals surface area (Å²) >= 11 is 0. The molecule has 4 aliphatic carbocycles. The fourth-order valence-electron chi connectivity index (χ4n) is 9.74. The molecule has 3 fully saturated rings. The number of nitrogens with zero attached hydrogens (tertiary/aromatic N) is 1. The van der Waals surface area contributed by atoms with E-state index in [4.69, 9.17) is 9.84 Å². The molecular weight excluding hydrogens is 496 g/mol. The summed E-state index contributed by atoms with van der Waals surface area (Å²) in [7, 11) is 1.95. The molecule has 228 valence electrons. The zero-order valence-corrected chi connectivity index (χ0v) is 26.8. The summed E-state index contributed by atoms with van der Waals surface area (Å²) in [6.07, 6.45) is 18.4. The van der Waals surface area contributed by atoms with Gasteiger partial charge in [0.05, 0.1) is 6.61 Å². The summed E-state index contributed by atoms with van der Waals surface area (Å²) in [5, 5.41) is 11.9. The van der Waals surface area contributed by atoms with Crippen LogP contribution >= 0.6 is 0 Å². The van der Waals surface area contributed by atoms with Crippen molar-refractivity contribution >= 4 is 6.09 Å². The van der Waals surface area contributed by atoms with Crippen LogP contribution in [0.5, 0.6) is 0 Å². The Kier molecular flexibility index (Phi) is 10.5. The molecule has 4 rings (SSSR count). The van der Waals surface area contributed by atoms with Crippen molar-refractivity contribution in [3.63, 3.8) is 0 Å². The minimum absolute atomic E-state index is 0.0128. The molecule has 9 atom stereocenters. The number of alkyl carbamates (subject to hydrolysis) is 1. The van der Waals surface area contributed by atoms with E-state index >= 15 is 0 Å². The molecule has 0 spiro atoms. The standard InChI is InChI=1S/C35H60N2O3/c1-8-26(24(2)3)10-9-25(4)30-13-14-31-29-12-11-27-23-28(40-33(39)36-19-20-37(7)21-22-38)15-17-34(27,5)32(29)16-18-35(30,31)6/h9-11,24-26,28-32,38H,8,12-23H2,1-7H3,(H,36,39)/b10-9+/t25-,26-,28+,29+,30-,31+,32+,34?,35?/m1/s1. The third-order valence-corrected chi connectivity index (χ3v) is 12.3. The third kappa shape index (κ3) is 6.51. The molecule has 4 aliphatic rings. The first-order valence-corrected chi connectivity index (χ1v) is 16.6. The maximum absolute atomic E-state index is 12.5. The number of carbonyl (C=O) groups excluding carboxylic acids is 1. The van der Waals surface area contributed by atoms with Gasteiger partial charge in [-0.2, -0.15) is 0 Å². The summed E-state index contributed by atoms with van der Waals surface area (Å²) in [5.74, 6) is 5.33. The first-order chi connectivity index (χ1) is 19.0. The number of nitrogens with one attached hydrogen (secondary N) is 1. The molecule has 40 heavy (non-hydrogen) atoms. The highest BCUT2D eigenvalue weighted by atomic mass is 16.6. The summed E-state index contributed by atoms with van der Waals surface area (Å²) in [6, 6.07) is 0. The number of aliphatic hydroxyl groups is 1. The van der Waals surface area contributed by atoms with Gasteiger partial charge in [0.2, 0.25) is 0 Å². The Morgan fingerprint density at radius 3 is 2.60 bits per heavy atom. The maximum atomic E-state index is 12.5. The van der Waals surface area contributed by atoms with Crippen molar-refractivity contribution in [2.24, 2.45) is 52.3 Å². The minimum atomic E-state index is -0.299. The predicted octanol–water partition coefficient (Wildman–Crippen LogP) is 7.46. The van der Waals surface area contributed by atoms with Crippen molar-refractivity contribution < 1.29 is 14.6 Å². The van der Waals surface area contributed by atoms with Gasteiger partial charge in [-0.3, -0.25) is 0 Å². The van der Waals surface area contributed by atoms with Crippen LogP contribution in [-0.2, 0) is 4.74 Å². The van der Waals surface area contributed by atoms with Crippen LogP contribution in [0, 0.1) is 52.3 Å². The number of fused-ring (bicyclic) bond motifs is 5. The average molecular weight is 557 g/mol. The Bertz CT molecular complexity index is 914. The van der Waals surface area contributed by atoms with Crippen LogP contribution in [0.15, 0.2) is 23.8 Å². The zero-order valence-electron chi connectivity index (χ0n) is 26.8. The first kappa shape index (κ1) is 31.6. The van der Waals surface area contributed by atoms with Crippen molar-refractivity contribution in [3.8, 4) is 0 Å². The molecule has 0 saturated heterocycles. The zero-order chi connectivity index (χ0) is 29.1. The van der Waals surface area contributed by atoms with E-state index in [-0.39, 0.29) is 24.2 Å². The summed E-state index contributed by atoms with van der Waals surface area (Å²) < 4.78 is 5.89. The lowest BCUT2D eigenvalue weighted by atomic mass is 9.47. The number of rotatable bonds is 11. The fraction of sp³-hybridized carbons (Fsp3) is 0.857. The molecule has 5 nitrogen and oxygen atoms in total. The summed E-state index contributed by atoms with van der Waals surface area (Å²) in [4.78, 5) is 14.5. The van der Waals surface area contributed by atoms with E-state index in [9.17, 15) is 4.79 Å². The van der Waals surface area contributed by atoms with E-state index in [1.54, 1.807) is 5.57 Å². The second-order valence-electron chi connectivity index (χ2n) is 14.8. The maximum Gasteiger partial charge on any atom is 0.407 e. The molecule has 1 amide bonds. The molecule has 2 unspecified atom stereocenters. The van der Waals surface area contributed by atoms with Gasteiger partial charge in [0, 0.05) is 26.1 Å². The van der Waals surface area contributed by atoms with Crippen LogP contribution in [0.1, 0.15) is 99.3 Å². The van der Waals surface area contributed by atoms with Crippen molar-refractivity contribution in [2.75, 3.05) is 33.3 Å². The number of ether oxygens (including phenoxy) is 1. The molecular formula is C35H60N2O3.